The second-order valence-electron chi connectivity index (χ2n) is 6.08. The summed E-state index contributed by atoms with van der Waals surface area (Å²) in [6.07, 6.45) is 1.66. The van der Waals surface area contributed by atoms with Gasteiger partial charge in [-0.1, -0.05) is 45.0 Å². The molecule has 1 atom stereocenters. The van der Waals surface area contributed by atoms with E-state index in [-0.39, 0.29) is 5.75 Å². The molecule has 0 saturated carbocycles. The number of nitrogens with one attached hydrogen (secondary N) is 1. The SMILES string of the molecule is CCS(=O)(=O)CCC(CNC(C)C)Cc1ccccc1C. The van der Waals surface area contributed by atoms with Crippen LogP contribution < -0.4 is 5.32 Å². The van der Waals surface area contributed by atoms with Crippen molar-refractivity contribution >= 4 is 9.84 Å². The van der Waals surface area contributed by atoms with Gasteiger partial charge in [0.15, 0.2) is 0 Å². The van der Waals surface area contributed by atoms with Crippen molar-refractivity contribution in [2.24, 2.45) is 5.92 Å². The van der Waals surface area contributed by atoms with Crippen molar-refractivity contribution in [1.82, 2.24) is 5.32 Å². The molecule has 1 rings (SSSR count). The highest BCUT2D eigenvalue weighted by Gasteiger charge is 2.16. The van der Waals surface area contributed by atoms with Crippen molar-refractivity contribution in [2.45, 2.75) is 46.6 Å². The van der Waals surface area contributed by atoms with Gasteiger partial charge in [-0.15, -0.1) is 0 Å². The lowest BCUT2D eigenvalue weighted by Gasteiger charge is -2.20. The molecular weight excluding hydrogens is 282 g/mol. The van der Waals surface area contributed by atoms with Crippen LogP contribution in [-0.2, 0) is 16.3 Å². The molecule has 1 N–H and O–H groups in total. The van der Waals surface area contributed by atoms with Gasteiger partial charge in [0, 0.05) is 11.8 Å². The Morgan fingerprint density at radius 2 is 1.86 bits per heavy atom. The van der Waals surface area contributed by atoms with E-state index in [1.54, 1.807) is 6.92 Å². The van der Waals surface area contributed by atoms with Gasteiger partial charge in [0.25, 0.3) is 0 Å². The molecular formula is C17H29NO2S. The van der Waals surface area contributed by atoms with Crippen LogP contribution in [-0.4, -0.2) is 32.5 Å². The predicted octanol–water partition coefficient (Wildman–Crippen LogP) is 2.98. The van der Waals surface area contributed by atoms with Crippen LogP contribution in [0.4, 0.5) is 0 Å². The molecule has 0 aliphatic carbocycles. The van der Waals surface area contributed by atoms with E-state index in [1.807, 2.05) is 6.07 Å². The number of benzene rings is 1. The fraction of sp³-hybridized carbons (Fsp3) is 0.647. The summed E-state index contributed by atoms with van der Waals surface area (Å²) < 4.78 is 23.5. The summed E-state index contributed by atoms with van der Waals surface area (Å²) in [5, 5.41) is 3.44. The Hall–Kier alpha value is -0.870. The van der Waals surface area contributed by atoms with Crippen molar-refractivity contribution in [2.75, 3.05) is 18.1 Å². The van der Waals surface area contributed by atoms with Gasteiger partial charge in [-0.2, -0.15) is 0 Å². The van der Waals surface area contributed by atoms with Gasteiger partial charge in [-0.25, -0.2) is 8.42 Å². The minimum Gasteiger partial charge on any atom is -0.314 e. The molecule has 3 nitrogen and oxygen atoms in total. The number of sulfone groups is 1. The lowest BCUT2D eigenvalue weighted by Crippen LogP contribution is -2.31. The van der Waals surface area contributed by atoms with Crippen LogP contribution in [0.5, 0.6) is 0 Å². The molecule has 1 aromatic rings. The molecule has 120 valence electrons. The van der Waals surface area contributed by atoms with Crippen LogP contribution in [0, 0.1) is 12.8 Å². The quantitative estimate of drug-likeness (QED) is 0.762. The average molecular weight is 311 g/mol. The molecule has 0 saturated heterocycles. The smallest absolute Gasteiger partial charge is 0.150 e. The van der Waals surface area contributed by atoms with Gasteiger partial charge < -0.3 is 5.32 Å². The lowest BCUT2D eigenvalue weighted by molar-refractivity contribution is 0.434. The van der Waals surface area contributed by atoms with E-state index in [4.69, 9.17) is 0 Å². The Bertz CT molecular complexity index is 523. The van der Waals surface area contributed by atoms with Crippen LogP contribution in [0.25, 0.3) is 0 Å². The minimum atomic E-state index is -2.88. The van der Waals surface area contributed by atoms with Crippen molar-refractivity contribution in [3.63, 3.8) is 0 Å². The zero-order valence-electron chi connectivity index (χ0n) is 13.7. The maximum atomic E-state index is 11.7. The largest absolute Gasteiger partial charge is 0.314 e. The lowest BCUT2D eigenvalue weighted by atomic mass is 9.94. The molecule has 21 heavy (non-hydrogen) atoms. The van der Waals surface area contributed by atoms with Crippen molar-refractivity contribution < 1.29 is 8.42 Å². The summed E-state index contributed by atoms with van der Waals surface area (Å²) in [6.45, 7) is 8.94. The molecule has 0 aliphatic rings. The Labute approximate surface area is 130 Å². The first-order chi connectivity index (χ1) is 9.84. The highest BCUT2D eigenvalue weighted by atomic mass is 32.2. The fourth-order valence-corrected chi connectivity index (χ4v) is 3.30. The molecule has 0 aromatic heterocycles. The third-order valence-electron chi connectivity index (χ3n) is 3.86. The molecule has 1 aromatic carbocycles. The first-order valence-corrected chi connectivity index (χ1v) is 9.64. The molecule has 0 amide bonds. The summed E-state index contributed by atoms with van der Waals surface area (Å²) in [6, 6.07) is 8.78. The van der Waals surface area contributed by atoms with E-state index in [0.717, 1.165) is 19.4 Å². The maximum Gasteiger partial charge on any atom is 0.150 e. The first kappa shape index (κ1) is 18.2. The van der Waals surface area contributed by atoms with Crippen LogP contribution >= 0.6 is 0 Å². The number of hydrogen-bond acceptors (Lipinski definition) is 3. The number of hydrogen-bond donors (Lipinski definition) is 1. The Kier molecular flexibility index (Phi) is 7.40. The second-order valence-corrected chi connectivity index (χ2v) is 8.56. The Morgan fingerprint density at radius 1 is 1.19 bits per heavy atom. The summed E-state index contributed by atoms with van der Waals surface area (Å²) >= 11 is 0. The zero-order chi connectivity index (χ0) is 15.9. The summed E-state index contributed by atoms with van der Waals surface area (Å²) in [7, 11) is -2.88. The maximum absolute atomic E-state index is 11.7. The fourth-order valence-electron chi connectivity index (χ4n) is 2.32. The molecule has 0 radical (unpaired) electrons. The van der Waals surface area contributed by atoms with E-state index >= 15 is 0 Å². The topological polar surface area (TPSA) is 46.2 Å². The number of rotatable bonds is 9. The van der Waals surface area contributed by atoms with Crippen molar-refractivity contribution in [1.29, 1.82) is 0 Å². The van der Waals surface area contributed by atoms with E-state index in [2.05, 4.69) is 44.3 Å². The van der Waals surface area contributed by atoms with E-state index in [0.29, 0.717) is 17.7 Å². The van der Waals surface area contributed by atoms with Crippen molar-refractivity contribution in [3.05, 3.63) is 35.4 Å². The minimum absolute atomic E-state index is 0.238. The van der Waals surface area contributed by atoms with Crippen molar-refractivity contribution in [3.8, 4) is 0 Å². The van der Waals surface area contributed by atoms with Crippen LogP contribution in [0.3, 0.4) is 0 Å². The molecule has 4 heteroatoms. The molecule has 0 heterocycles. The predicted molar refractivity (Wildman–Crippen MR) is 90.5 cm³/mol. The van der Waals surface area contributed by atoms with Gasteiger partial charge in [0.1, 0.15) is 9.84 Å². The highest BCUT2D eigenvalue weighted by molar-refractivity contribution is 7.91. The van der Waals surface area contributed by atoms with Crippen LogP contribution in [0.15, 0.2) is 24.3 Å². The van der Waals surface area contributed by atoms with Crippen LogP contribution in [0.2, 0.25) is 0 Å². The molecule has 0 spiro atoms. The normalized spacial score (nSPS) is 13.6. The van der Waals surface area contributed by atoms with E-state index < -0.39 is 9.84 Å². The molecule has 0 fully saturated rings. The first-order valence-electron chi connectivity index (χ1n) is 7.82. The third-order valence-corrected chi connectivity index (χ3v) is 5.60. The number of aryl methyl sites for hydroxylation is 1. The van der Waals surface area contributed by atoms with Gasteiger partial charge >= 0.3 is 0 Å². The zero-order valence-corrected chi connectivity index (χ0v) is 14.5. The Balaban J connectivity index is 2.70. The van der Waals surface area contributed by atoms with Gasteiger partial charge in [-0.3, -0.25) is 0 Å². The molecule has 0 bridgehead atoms. The second kappa shape index (κ2) is 8.54. The summed E-state index contributed by atoms with van der Waals surface area (Å²) in [5.74, 6) is 0.886. The third kappa shape index (κ3) is 7.09. The molecule has 0 aliphatic heterocycles. The highest BCUT2D eigenvalue weighted by Crippen LogP contribution is 2.16. The monoisotopic (exact) mass is 311 g/mol. The summed E-state index contributed by atoms with van der Waals surface area (Å²) in [4.78, 5) is 0. The average Bonchev–Trinajstić information content (AvgIpc) is 2.44. The Morgan fingerprint density at radius 3 is 2.43 bits per heavy atom. The van der Waals surface area contributed by atoms with Gasteiger partial charge in [0.2, 0.25) is 0 Å². The van der Waals surface area contributed by atoms with Gasteiger partial charge in [-0.05, 0) is 43.4 Å². The van der Waals surface area contributed by atoms with E-state index in [1.165, 1.54) is 11.1 Å². The van der Waals surface area contributed by atoms with Crippen LogP contribution in [0.1, 0.15) is 38.3 Å². The van der Waals surface area contributed by atoms with Gasteiger partial charge in [0.05, 0.1) is 5.75 Å². The van der Waals surface area contributed by atoms with E-state index in [9.17, 15) is 8.42 Å². The molecule has 1 unspecified atom stereocenters. The standard InChI is InChI=1S/C17H29NO2S/c1-5-21(19,20)11-10-16(13-18-14(2)3)12-17-9-7-6-8-15(17)4/h6-9,14,16,18H,5,10-13H2,1-4H3. The summed E-state index contributed by atoms with van der Waals surface area (Å²) in [5.41, 5.74) is 2.60.